The Morgan fingerprint density at radius 3 is 3.00 bits per heavy atom. The highest BCUT2D eigenvalue weighted by molar-refractivity contribution is 5.96. The Morgan fingerprint density at radius 2 is 2.27 bits per heavy atom. The number of nitrogens with zero attached hydrogens (tertiary/aromatic N) is 3. The van der Waals surface area contributed by atoms with Crippen molar-refractivity contribution in [3.8, 4) is 5.75 Å². The lowest BCUT2D eigenvalue weighted by atomic mass is 10.2. The molecule has 22 heavy (non-hydrogen) atoms. The van der Waals surface area contributed by atoms with Crippen molar-refractivity contribution in [1.29, 1.82) is 0 Å². The minimum absolute atomic E-state index is 0.141. The van der Waals surface area contributed by atoms with Gasteiger partial charge in [0.25, 0.3) is 5.91 Å². The van der Waals surface area contributed by atoms with Gasteiger partial charge in [-0.3, -0.25) is 9.48 Å². The number of ether oxygens (including phenoxy) is 1. The van der Waals surface area contributed by atoms with E-state index in [1.807, 2.05) is 19.2 Å². The van der Waals surface area contributed by atoms with Crippen LogP contribution in [0.5, 0.6) is 5.75 Å². The van der Waals surface area contributed by atoms with Crippen molar-refractivity contribution >= 4 is 5.91 Å². The number of aryl methyl sites for hydroxylation is 2. The molecule has 0 spiro atoms. The number of hydrogen-bond acceptors (Lipinski definition) is 4. The standard InChI is InChI=1S/C16H20N4O2/c1-3-11-22-14-8-5-4-7-13(14)16(21)17-10-6-9-15-18-12-19-20(15)2/h3-5,7-8,12H,1,6,9-11H2,2H3,(H,17,21). The van der Waals surface area contributed by atoms with Gasteiger partial charge in [-0.2, -0.15) is 5.10 Å². The Kier molecular flexibility index (Phi) is 5.71. The van der Waals surface area contributed by atoms with Crippen LogP contribution in [-0.4, -0.2) is 33.8 Å². The summed E-state index contributed by atoms with van der Waals surface area (Å²) < 4.78 is 7.22. The van der Waals surface area contributed by atoms with Gasteiger partial charge in [0.15, 0.2) is 0 Å². The van der Waals surface area contributed by atoms with Gasteiger partial charge in [-0.15, -0.1) is 0 Å². The van der Waals surface area contributed by atoms with E-state index in [1.54, 1.807) is 22.9 Å². The quantitative estimate of drug-likeness (QED) is 0.595. The maximum Gasteiger partial charge on any atom is 0.255 e. The van der Waals surface area contributed by atoms with Crippen LogP contribution in [0.4, 0.5) is 0 Å². The minimum Gasteiger partial charge on any atom is -0.489 e. The third kappa shape index (κ3) is 4.18. The van der Waals surface area contributed by atoms with Crippen LogP contribution in [0.3, 0.4) is 0 Å². The highest BCUT2D eigenvalue weighted by atomic mass is 16.5. The van der Waals surface area contributed by atoms with Crippen LogP contribution >= 0.6 is 0 Å². The summed E-state index contributed by atoms with van der Waals surface area (Å²) in [5, 5.41) is 6.91. The van der Waals surface area contributed by atoms with Gasteiger partial charge in [-0.1, -0.05) is 24.8 Å². The second-order valence-corrected chi connectivity index (χ2v) is 4.76. The summed E-state index contributed by atoms with van der Waals surface area (Å²) in [6.07, 6.45) is 4.75. The Balaban J connectivity index is 1.84. The fourth-order valence-corrected chi connectivity index (χ4v) is 2.02. The average Bonchev–Trinajstić information content (AvgIpc) is 2.95. The molecule has 0 fully saturated rings. The maximum atomic E-state index is 12.2. The average molecular weight is 300 g/mol. The molecule has 2 aromatic rings. The Hall–Kier alpha value is -2.63. The molecule has 0 radical (unpaired) electrons. The predicted molar refractivity (Wildman–Crippen MR) is 83.8 cm³/mol. The number of rotatable bonds is 8. The van der Waals surface area contributed by atoms with Gasteiger partial charge in [0, 0.05) is 20.0 Å². The number of carbonyl (C=O) groups is 1. The van der Waals surface area contributed by atoms with Gasteiger partial charge in [0.2, 0.25) is 0 Å². The SMILES string of the molecule is C=CCOc1ccccc1C(=O)NCCCc1ncnn1C. The molecule has 1 aromatic heterocycles. The van der Waals surface area contributed by atoms with Gasteiger partial charge >= 0.3 is 0 Å². The van der Waals surface area contributed by atoms with Crippen molar-refractivity contribution in [3.05, 3.63) is 54.6 Å². The molecule has 1 amide bonds. The third-order valence-corrected chi connectivity index (χ3v) is 3.16. The molecule has 1 aromatic carbocycles. The Bertz CT molecular complexity index is 637. The molecular formula is C16H20N4O2. The first kappa shape index (κ1) is 15.8. The van der Waals surface area contributed by atoms with E-state index in [2.05, 4.69) is 22.0 Å². The summed E-state index contributed by atoms with van der Waals surface area (Å²) in [5.41, 5.74) is 0.531. The zero-order valence-corrected chi connectivity index (χ0v) is 12.7. The van der Waals surface area contributed by atoms with Gasteiger partial charge < -0.3 is 10.1 Å². The van der Waals surface area contributed by atoms with E-state index in [-0.39, 0.29) is 5.91 Å². The van der Waals surface area contributed by atoms with Gasteiger partial charge in [-0.25, -0.2) is 4.98 Å². The fourth-order valence-electron chi connectivity index (χ4n) is 2.02. The van der Waals surface area contributed by atoms with Crippen LogP contribution in [0.25, 0.3) is 0 Å². The second kappa shape index (κ2) is 7.97. The molecule has 6 heteroatoms. The minimum atomic E-state index is -0.141. The number of amides is 1. The highest BCUT2D eigenvalue weighted by Crippen LogP contribution is 2.17. The first-order chi connectivity index (χ1) is 10.7. The van der Waals surface area contributed by atoms with E-state index in [0.717, 1.165) is 18.7 Å². The van der Waals surface area contributed by atoms with Crippen molar-refractivity contribution in [2.24, 2.45) is 7.05 Å². The first-order valence-corrected chi connectivity index (χ1v) is 7.16. The van der Waals surface area contributed by atoms with Crippen LogP contribution in [0.15, 0.2) is 43.2 Å². The zero-order chi connectivity index (χ0) is 15.8. The number of nitrogens with one attached hydrogen (secondary N) is 1. The molecule has 1 heterocycles. The number of aromatic nitrogens is 3. The number of para-hydroxylation sites is 1. The predicted octanol–water partition coefficient (Wildman–Crippen LogP) is 1.74. The Labute approximate surface area is 129 Å². The fraction of sp³-hybridized carbons (Fsp3) is 0.312. The molecule has 0 aliphatic heterocycles. The Morgan fingerprint density at radius 1 is 1.45 bits per heavy atom. The molecule has 0 atom stereocenters. The molecule has 1 N–H and O–H groups in total. The topological polar surface area (TPSA) is 69.0 Å². The monoisotopic (exact) mass is 300 g/mol. The van der Waals surface area contributed by atoms with Gasteiger partial charge in [-0.05, 0) is 18.6 Å². The van der Waals surface area contributed by atoms with Crippen LogP contribution in [0.2, 0.25) is 0 Å². The zero-order valence-electron chi connectivity index (χ0n) is 12.7. The van der Waals surface area contributed by atoms with Gasteiger partial charge in [0.1, 0.15) is 24.5 Å². The molecule has 2 rings (SSSR count). The van der Waals surface area contributed by atoms with E-state index >= 15 is 0 Å². The summed E-state index contributed by atoms with van der Waals surface area (Å²) in [5.74, 6) is 1.33. The van der Waals surface area contributed by atoms with Crippen LogP contribution in [0, 0.1) is 0 Å². The molecule has 0 bridgehead atoms. The molecule has 116 valence electrons. The molecule has 0 aliphatic carbocycles. The number of carbonyl (C=O) groups excluding carboxylic acids is 1. The summed E-state index contributed by atoms with van der Waals surface area (Å²) in [6.45, 7) is 4.55. The third-order valence-electron chi connectivity index (χ3n) is 3.16. The van der Waals surface area contributed by atoms with Crippen molar-refractivity contribution in [1.82, 2.24) is 20.1 Å². The normalized spacial score (nSPS) is 10.2. The van der Waals surface area contributed by atoms with Crippen molar-refractivity contribution in [2.45, 2.75) is 12.8 Å². The molecule has 0 unspecified atom stereocenters. The molecule has 0 aliphatic rings. The summed E-state index contributed by atoms with van der Waals surface area (Å²) in [6, 6.07) is 7.17. The van der Waals surface area contributed by atoms with E-state index in [4.69, 9.17) is 4.74 Å². The first-order valence-electron chi connectivity index (χ1n) is 7.16. The van der Waals surface area contributed by atoms with E-state index < -0.39 is 0 Å². The van der Waals surface area contributed by atoms with E-state index in [9.17, 15) is 4.79 Å². The van der Waals surface area contributed by atoms with Gasteiger partial charge in [0.05, 0.1) is 5.56 Å². The molecule has 6 nitrogen and oxygen atoms in total. The number of benzene rings is 1. The lowest BCUT2D eigenvalue weighted by Crippen LogP contribution is -2.25. The maximum absolute atomic E-state index is 12.2. The van der Waals surface area contributed by atoms with E-state index in [0.29, 0.717) is 24.5 Å². The van der Waals surface area contributed by atoms with Crippen LogP contribution in [-0.2, 0) is 13.5 Å². The van der Waals surface area contributed by atoms with Crippen molar-refractivity contribution in [2.75, 3.05) is 13.2 Å². The molecule has 0 saturated carbocycles. The van der Waals surface area contributed by atoms with E-state index in [1.165, 1.54) is 6.33 Å². The summed E-state index contributed by atoms with van der Waals surface area (Å²) in [4.78, 5) is 16.4. The molecular weight excluding hydrogens is 280 g/mol. The van der Waals surface area contributed by atoms with Crippen LogP contribution < -0.4 is 10.1 Å². The lowest BCUT2D eigenvalue weighted by molar-refractivity contribution is 0.0949. The number of hydrogen-bond donors (Lipinski definition) is 1. The lowest BCUT2D eigenvalue weighted by Gasteiger charge is -2.10. The summed E-state index contributed by atoms with van der Waals surface area (Å²) in [7, 11) is 1.86. The summed E-state index contributed by atoms with van der Waals surface area (Å²) >= 11 is 0. The van der Waals surface area contributed by atoms with Crippen molar-refractivity contribution < 1.29 is 9.53 Å². The molecule has 0 saturated heterocycles. The second-order valence-electron chi connectivity index (χ2n) is 4.76. The van der Waals surface area contributed by atoms with Crippen LogP contribution in [0.1, 0.15) is 22.6 Å². The smallest absolute Gasteiger partial charge is 0.255 e. The largest absolute Gasteiger partial charge is 0.489 e. The van der Waals surface area contributed by atoms with Crippen molar-refractivity contribution in [3.63, 3.8) is 0 Å². The highest BCUT2D eigenvalue weighted by Gasteiger charge is 2.11.